The molecule has 2 aromatic carbocycles. The number of aromatic nitrogens is 1. The standard InChI is InChI=1S/C24H26FN3O5/c1-5-31-20-11-15(12-21(32-6-2)22(20)33-7-3)23(29)27-28-24(30)18-10-14(4)26-19-13-16(25)8-9-17(18)19/h8-13H,5-7H2,1-4H3,(H,27,29)(H,28,30). The van der Waals surface area contributed by atoms with Gasteiger partial charge in [0.05, 0.1) is 30.9 Å². The topological polar surface area (TPSA) is 98.8 Å². The normalized spacial score (nSPS) is 10.6. The number of nitrogens with zero attached hydrogens (tertiary/aromatic N) is 1. The largest absolute Gasteiger partial charge is 0.490 e. The highest BCUT2D eigenvalue weighted by molar-refractivity contribution is 6.07. The summed E-state index contributed by atoms with van der Waals surface area (Å²) in [5.41, 5.74) is 6.16. The summed E-state index contributed by atoms with van der Waals surface area (Å²) >= 11 is 0. The molecule has 1 aromatic heterocycles. The fourth-order valence-corrected chi connectivity index (χ4v) is 3.29. The second kappa shape index (κ2) is 10.6. The van der Waals surface area contributed by atoms with Crippen LogP contribution in [0.2, 0.25) is 0 Å². The smallest absolute Gasteiger partial charge is 0.270 e. The van der Waals surface area contributed by atoms with E-state index in [0.717, 1.165) is 0 Å². The lowest BCUT2D eigenvalue weighted by Gasteiger charge is -2.17. The van der Waals surface area contributed by atoms with Gasteiger partial charge in [0.25, 0.3) is 11.8 Å². The Morgan fingerprint density at radius 2 is 1.48 bits per heavy atom. The minimum Gasteiger partial charge on any atom is -0.490 e. The van der Waals surface area contributed by atoms with Crippen LogP contribution in [-0.2, 0) is 0 Å². The fraction of sp³-hybridized carbons (Fsp3) is 0.292. The van der Waals surface area contributed by atoms with Gasteiger partial charge < -0.3 is 14.2 Å². The Labute approximate surface area is 191 Å². The molecule has 33 heavy (non-hydrogen) atoms. The van der Waals surface area contributed by atoms with Crippen LogP contribution in [-0.4, -0.2) is 36.6 Å². The van der Waals surface area contributed by atoms with Crippen molar-refractivity contribution in [1.29, 1.82) is 0 Å². The molecular weight excluding hydrogens is 429 g/mol. The van der Waals surface area contributed by atoms with E-state index >= 15 is 0 Å². The van der Waals surface area contributed by atoms with Crippen LogP contribution in [0.3, 0.4) is 0 Å². The van der Waals surface area contributed by atoms with E-state index in [2.05, 4.69) is 15.8 Å². The molecule has 0 radical (unpaired) electrons. The number of ether oxygens (including phenoxy) is 3. The summed E-state index contributed by atoms with van der Waals surface area (Å²) in [5.74, 6) is -0.460. The van der Waals surface area contributed by atoms with Crippen molar-refractivity contribution < 1.29 is 28.2 Å². The maximum Gasteiger partial charge on any atom is 0.270 e. The van der Waals surface area contributed by atoms with E-state index in [4.69, 9.17) is 14.2 Å². The third kappa shape index (κ3) is 5.49. The van der Waals surface area contributed by atoms with Crippen LogP contribution in [0.1, 0.15) is 47.2 Å². The first kappa shape index (κ1) is 23.8. The number of pyridine rings is 1. The SMILES string of the molecule is CCOc1cc(C(=O)NNC(=O)c2cc(C)nc3cc(F)ccc23)cc(OCC)c1OCC. The summed E-state index contributed by atoms with van der Waals surface area (Å²) < 4.78 is 30.5. The number of fused-ring (bicyclic) bond motifs is 1. The lowest BCUT2D eigenvalue weighted by atomic mass is 10.1. The van der Waals surface area contributed by atoms with E-state index in [1.807, 2.05) is 20.8 Å². The molecule has 3 rings (SSSR count). The van der Waals surface area contributed by atoms with E-state index in [0.29, 0.717) is 53.7 Å². The molecule has 0 aliphatic heterocycles. The second-order valence-electron chi connectivity index (χ2n) is 6.98. The molecule has 2 amide bonds. The number of hydrazine groups is 1. The van der Waals surface area contributed by atoms with Crippen molar-refractivity contribution in [2.75, 3.05) is 19.8 Å². The number of hydrogen-bond donors (Lipinski definition) is 2. The molecule has 174 valence electrons. The molecule has 8 nitrogen and oxygen atoms in total. The molecule has 0 atom stereocenters. The zero-order valence-electron chi connectivity index (χ0n) is 19.0. The van der Waals surface area contributed by atoms with Gasteiger partial charge >= 0.3 is 0 Å². The Morgan fingerprint density at radius 1 is 0.879 bits per heavy atom. The summed E-state index contributed by atoms with van der Waals surface area (Å²) in [5, 5.41) is 0.465. The molecule has 0 saturated carbocycles. The van der Waals surface area contributed by atoms with Crippen molar-refractivity contribution >= 4 is 22.7 Å². The molecule has 2 N–H and O–H groups in total. The highest BCUT2D eigenvalue weighted by Crippen LogP contribution is 2.39. The van der Waals surface area contributed by atoms with Crippen LogP contribution in [0.25, 0.3) is 10.9 Å². The molecule has 0 aliphatic carbocycles. The maximum atomic E-state index is 13.6. The predicted octanol–water partition coefficient (Wildman–Crippen LogP) is 3.95. The fourth-order valence-electron chi connectivity index (χ4n) is 3.29. The first-order valence-corrected chi connectivity index (χ1v) is 10.6. The summed E-state index contributed by atoms with van der Waals surface area (Å²) in [7, 11) is 0. The van der Waals surface area contributed by atoms with Crippen LogP contribution in [0.15, 0.2) is 36.4 Å². The second-order valence-corrected chi connectivity index (χ2v) is 6.98. The van der Waals surface area contributed by atoms with Crippen LogP contribution in [0, 0.1) is 12.7 Å². The van der Waals surface area contributed by atoms with E-state index < -0.39 is 17.6 Å². The first-order chi connectivity index (χ1) is 15.9. The van der Waals surface area contributed by atoms with Gasteiger partial charge in [0.1, 0.15) is 5.82 Å². The number of amides is 2. The van der Waals surface area contributed by atoms with Crippen molar-refractivity contribution in [3.05, 3.63) is 59.0 Å². The third-order valence-electron chi connectivity index (χ3n) is 4.61. The Bertz CT molecular complexity index is 1150. The van der Waals surface area contributed by atoms with Crippen molar-refractivity contribution in [2.45, 2.75) is 27.7 Å². The van der Waals surface area contributed by atoms with E-state index in [-0.39, 0.29) is 11.1 Å². The molecule has 0 unspecified atom stereocenters. The number of carbonyl (C=O) groups excluding carboxylic acids is 2. The van der Waals surface area contributed by atoms with Gasteiger partial charge in [-0.1, -0.05) is 0 Å². The Hall–Kier alpha value is -3.88. The Balaban J connectivity index is 1.85. The van der Waals surface area contributed by atoms with Gasteiger partial charge in [-0.05, 0) is 58.0 Å². The number of nitrogens with one attached hydrogen (secondary N) is 2. The average Bonchev–Trinajstić information content (AvgIpc) is 2.78. The number of hydrogen-bond acceptors (Lipinski definition) is 6. The van der Waals surface area contributed by atoms with Crippen LogP contribution in [0.5, 0.6) is 17.2 Å². The lowest BCUT2D eigenvalue weighted by Crippen LogP contribution is -2.41. The summed E-state index contributed by atoms with van der Waals surface area (Å²) in [6, 6.07) is 8.59. The molecule has 0 spiro atoms. The van der Waals surface area contributed by atoms with Gasteiger partial charge in [0.2, 0.25) is 5.75 Å². The number of halogens is 1. The Kier molecular flexibility index (Phi) is 7.66. The van der Waals surface area contributed by atoms with Crippen molar-refractivity contribution in [3.63, 3.8) is 0 Å². The summed E-state index contributed by atoms with van der Waals surface area (Å²) in [6.45, 7) is 8.28. The maximum absolute atomic E-state index is 13.6. The number of benzene rings is 2. The molecule has 3 aromatic rings. The first-order valence-electron chi connectivity index (χ1n) is 10.6. The molecule has 0 fully saturated rings. The highest BCUT2D eigenvalue weighted by Gasteiger charge is 2.19. The number of rotatable bonds is 8. The zero-order chi connectivity index (χ0) is 24.0. The van der Waals surface area contributed by atoms with E-state index in [1.54, 1.807) is 13.0 Å². The van der Waals surface area contributed by atoms with Gasteiger partial charge in [-0.25, -0.2) is 4.39 Å². The summed E-state index contributed by atoms with van der Waals surface area (Å²) in [4.78, 5) is 29.8. The molecule has 0 aliphatic rings. The van der Waals surface area contributed by atoms with Gasteiger partial charge in [0.15, 0.2) is 11.5 Å². The molecule has 1 heterocycles. The molecule has 0 saturated heterocycles. The Morgan fingerprint density at radius 3 is 2.09 bits per heavy atom. The third-order valence-corrected chi connectivity index (χ3v) is 4.61. The van der Waals surface area contributed by atoms with E-state index in [1.165, 1.54) is 30.3 Å². The number of carbonyl (C=O) groups is 2. The van der Waals surface area contributed by atoms with Crippen molar-refractivity contribution in [3.8, 4) is 17.2 Å². The van der Waals surface area contributed by atoms with Crippen LogP contribution in [0.4, 0.5) is 4.39 Å². The zero-order valence-corrected chi connectivity index (χ0v) is 19.0. The predicted molar refractivity (Wildman–Crippen MR) is 121 cm³/mol. The quantitative estimate of drug-likeness (QED) is 0.499. The minimum absolute atomic E-state index is 0.212. The average molecular weight is 455 g/mol. The number of aryl methyl sites for hydroxylation is 1. The lowest BCUT2D eigenvalue weighted by molar-refractivity contribution is 0.0847. The van der Waals surface area contributed by atoms with Gasteiger partial charge in [0, 0.05) is 22.7 Å². The van der Waals surface area contributed by atoms with Crippen LogP contribution >= 0.6 is 0 Å². The van der Waals surface area contributed by atoms with Gasteiger partial charge in [-0.2, -0.15) is 0 Å². The minimum atomic E-state index is -0.575. The molecule has 0 bridgehead atoms. The summed E-state index contributed by atoms with van der Waals surface area (Å²) in [6.07, 6.45) is 0. The van der Waals surface area contributed by atoms with Gasteiger partial charge in [-0.3, -0.25) is 25.4 Å². The van der Waals surface area contributed by atoms with Crippen molar-refractivity contribution in [1.82, 2.24) is 15.8 Å². The van der Waals surface area contributed by atoms with Gasteiger partial charge in [-0.15, -0.1) is 0 Å². The van der Waals surface area contributed by atoms with Crippen LogP contribution < -0.4 is 25.1 Å². The molecular formula is C24H26FN3O5. The van der Waals surface area contributed by atoms with Crippen molar-refractivity contribution in [2.24, 2.45) is 0 Å². The monoisotopic (exact) mass is 455 g/mol. The van der Waals surface area contributed by atoms with E-state index in [9.17, 15) is 14.0 Å². The molecule has 9 heteroatoms. The highest BCUT2D eigenvalue weighted by atomic mass is 19.1.